The maximum absolute atomic E-state index is 13.7. The highest BCUT2D eigenvalue weighted by Gasteiger charge is 2.49. The highest BCUT2D eigenvalue weighted by Crippen LogP contribution is 2.48. The van der Waals surface area contributed by atoms with E-state index in [0.29, 0.717) is 55.8 Å². The molecule has 1 aromatic heterocycles. The van der Waals surface area contributed by atoms with Crippen LogP contribution >= 0.6 is 34.7 Å². The summed E-state index contributed by atoms with van der Waals surface area (Å²) in [4.78, 5) is 28.7. The van der Waals surface area contributed by atoms with Crippen molar-refractivity contribution in [3.05, 3.63) is 87.9 Å². The molecule has 234 valence electrons. The van der Waals surface area contributed by atoms with Crippen LogP contribution in [0.4, 0.5) is 5.13 Å². The number of halogens is 1. The molecule has 1 amide bonds. The summed E-state index contributed by atoms with van der Waals surface area (Å²) < 4.78 is 22.8. The van der Waals surface area contributed by atoms with Crippen LogP contribution in [0.2, 0.25) is 5.02 Å². The highest BCUT2D eigenvalue weighted by atomic mass is 35.5. The third-order valence-corrected chi connectivity index (χ3v) is 9.43. The van der Waals surface area contributed by atoms with Gasteiger partial charge in [-0.05, 0) is 60.0 Å². The Morgan fingerprint density at radius 2 is 1.69 bits per heavy atom. The first kappa shape index (κ1) is 32.1. The number of methoxy groups -OCH3 is 3. The fourth-order valence-electron chi connectivity index (χ4n) is 4.80. The van der Waals surface area contributed by atoms with Crippen LogP contribution in [0.15, 0.2) is 70.6 Å². The summed E-state index contributed by atoms with van der Waals surface area (Å²) in [5.74, 6) is 0.000449. The Bertz CT molecular complexity index is 1720. The number of rotatable bonds is 12. The minimum Gasteiger partial charge on any atom is -0.507 e. The van der Waals surface area contributed by atoms with Gasteiger partial charge in [-0.25, -0.2) is 0 Å². The maximum atomic E-state index is 13.7. The number of carbonyl (C=O) groups is 2. The quantitative estimate of drug-likeness (QED) is 0.0560. The van der Waals surface area contributed by atoms with Crippen LogP contribution < -0.4 is 23.8 Å². The number of aromatic nitrogens is 2. The molecule has 0 radical (unpaired) electrons. The molecule has 10 nitrogen and oxygen atoms in total. The fourth-order valence-corrected chi connectivity index (χ4v) is 6.96. The monoisotopic (exact) mass is 667 g/mol. The summed E-state index contributed by atoms with van der Waals surface area (Å²) in [6.45, 7) is 2.54. The third-order valence-electron chi connectivity index (χ3n) is 6.96. The maximum Gasteiger partial charge on any atom is 0.301 e. The van der Waals surface area contributed by atoms with Gasteiger partial charge in [0.05, 0.1) is 39.6 Å². The molecular weight excluding hydrogens is 638 g/mol. The van der Waals surface area contributed by atoms with Crippen molar-refractivity contribution in [2.24, 2.45) is 0 Å². The van der Waals surface area contributed by atoms with Gasteiger partial charge in [-0.1, -0.05) is 59.8 Å². The summed E-state index contributed by atoms with van der Waals surface area (Å²) >= 11 is 8.87. The molecule has 0 saturated carbocycles. The van der Waals surface area contributed by atoms with Crippen LogP contribution in [0.3, 0.4) is 0 Å². The average Bonchev–Trinajstić information content (AvgIpc) is 3.63. The normalized spacial score (nSPS) is 15.8. The van der Waals surface area contributed by atoms with E-state index in [2.05, 4.69) is 10.2 Å². The molecule has 1 atom stereocenters. The fraction of sp³-hybridized carbons (Fsp3) is 0.250. The Hall–Kier alpha value is -4.26. The number of carbonyl (C=O) groups excluding carboxylic acids is 2. The van der Waals surface area contributed by atoms with Gasteiger partial charge in [-0.3, -0.25) is 14.5 Å². The van der Waals surface area contributed by atoms with Gasteiger partial charge in [0.15, 0.2) is 15.8 Å². The lowest BCUT2D eigenvalue weighted by Crippen LogP contribution is -2.29. The van der Waals surface area contributed by atoms with Crippen molar-refractivity contribution in [3.63, 3.8) is 0 Å². The van der Waals surface area contributed by atoms with Crippen LogP contribution in [0.5, 0.6) is 23.0 Å². The molecule has 0 aliphatic carbocycles. The number of amides is 1. The predicted molar refractivity (Wildman–Crippen MR) is 174 cm³/mol. The average molecular weight is 668 g/mol. The highest BCUT2D eigenvalue weighted by molar-refractivity contribution is 8.00. The van der Waals surface area contributed by atoms with Gasteiger partial charge in [0.2, 0.25) is 10.9 Å². The first-order valence-corrected chi connectivity index (χ1v) is 16.0. The zero-order chi connectivity index (χ0) is 32.1. The van der Waals surface area contributed by atoms with E-state index in [-0.39, 0.29) is 16.5 Å². The smallest absolute Gasteiger partial charge is 0.301 e. The van der Waals surface area contributed by atoms with Crippen molar-refractivity contribution in [2.75, 3.05) is 32.8 Å². The van der Waals surface area contributed by atoms with Gasteiger partial charge in [0, 0.05) is 16.3 Å². The molecule has 0 bridgehead atoms. The Labute approximate surface area is 273 Å². The second-order valence-electron chi connectivity index (χ2n) is 9.73. The molecule has 45 heavy (non-hydrogen) atoms. The van der Waals surface area contributed by atoms with E-state index in [9.17, 15) is 14.7 Å². The van der Waals surface area contributed by atoms with E-state index < -0.39 is 17.7 Å². The van der Waals surface area contributed by atoms with Crippen molar-refractivity contribution in [3.8, 4) is 23.0 Å². The van der Waals surface area contributed by atoms with Crippen LogP contribution in [-0.4, -0.2) is 54.9 Å². The zero-order valence-electron chi connectivity index (χ0n) is 24.9. The Morgan fingerprint density at radius 1 is 1.00 bits per heavy atom. The number of aliphatic hydroxyl groups is 1. The molecule has 3 aromatic carbocycles. The molecule has 5 rings (SSSR count). The van der Waals surface area contributed by atoms with Gasteiger partial charge in [0.1, 0.15) is 11.5 Å². The zero-order valence-corrected chi connectivity index (χ0v) is 27.3. The molecule has 1 aliphatic heterocycles. The number of anilines is 1. The topological polar surface area (TPSA) is 120 Å². The number of benzene rings is 3. The number of thioether (sulfide) groups is 1. The first-order chi connectivity index (χ1) is 21.8. The predicted octanol–water partition coefficient (Wildman–Crippen LogP) is 6.92. The van der Waals surface area contributed by atoms with E-state index in [1.807, 2.05) is 31.2 Å². The molecule has 1 aliphatic rings. The summed E-state index contributed by atoms with van der Waals surface area (Å²) in [5.41, 5.74) is 1.55. The Morgan fingerprint density at radius 3 is 2.31 bits per heavy atom. The number of ether oxygens (including phenoxy) is 4. The first-order valence-electron chi connectivity index (χ1n) is 13.8. The Kier molecular flexibility index (Phi) is 10.2. The lowest BCUT2D eigenvalue weighted by molar-refractivity contribution is -0.132. The van der Waals surface area contributed by atoms with E-state index in [1.165, 1.54) is 38.0 Å². The largest absolute Gasteiger partial charge is 0.507 e. The van der Waals surface area contributed by atoms with Crippen molar-refractivity contribution in [2.45, 2.75) is 29.5 Å². The standard InChI is InChI=1S/C32H30ClN3O7S2/c1-5-14-43-21-12-10-18(11-13-21)27(37)25-26(20-15-23(40-2)29(42-4)24(16-20)41-3)36(30(39)28(25)38)31-34-35-32(45-31)44-17-19-8-6-7-9-22(19)33/h6-13,15-16,26,37H,5,14,17H2,1-4H3/b27-25-. The number of Topliss-reactive ketones (excluding diaryl/α,β-unsaturated/α-hetero) is 1. The minimum absolute atomic E-state index is 0.128. The van der Waals surface area contributed by atoms with Crippen molar-refractivity contribution in [1.29, 1.82) is 0 Å². The summed E-state index contributed by atoms with van der Waals surface area (Å²) in [6, 6.07) is 16.3. The van der Waals surface area contributed by atoms with Crippen molar-refractivity contribution >= 4 is 57.3 Å². The summed E-state index contributed by atoms with van der Waals surface area (Å²) in [5, 5.41) is 20.9. The molecule has 1 unspecified atom stereocenters. The molecule has 13 heteroatoms. The number of hydrogen-bond donors (Lipinski definition) is 1. The second kappa shape index (κ2) is 14.2. The molecular formula is C32H30ClN3O7S2. The lowest BCUT2D eigenvalue weighted by Gasteiger charge is -2.24. The van der Waals surface area contributed by atoms with Crippen LogP contribution in [0.25, 0.3) is 5.76 Å². The molecule has 1 N–H and O–H groups in total. The number of nitrogens with zero attached hydrogens (tertiary/aromatic N) is 3. The van der Waals surface area contributed by atoms with Crippen LogP contribution in [0.1, 0.15) is 36.1 Å². The molecule has 1 saturated heterocycles. The number of ketones is 1. The van der Waals surface area contributed by atoms with E-state index in [1.54, 1.807) is 36.4 Å². The number of aliphatic hydroxyl groups excluding tert-OH is 1. The second-order valence-corrected chi connectivity index (χ2v) is 12.3. The van der Waals surface area contributed by atoms with Crippen molar-refractivity contribution in [1.82, 2.24) is 10.2 Å². The number of hydrogen-bond acceptors (Lipinski definition) is 11. The molecule has 0 spiro atoms. The van der Waals surface area contributed by atoms with Gasteiger partial charge < -0.3 is 24.1 Å². The lowest BCUT2D eigenvalue weighted by atomic mass is 9.94. The van der Waals surface area contributed by atoms with Crippen LogP contribution in [0, 0.1) is 0 Å². The van der Waals surface area contributed by atoms with E-state index in [0.717, 1.165) is 23.3 Å². The summed E-state index contributed by atoms with van der Waals surface area (Å²) in [6.07, 6.45) is 0.839. The van der Waals surface area contributed by atoms with E-state index in [4.69, 9.17) is 30.5 Å². The van der Waals surface area contributed by atoms with Crippen LogP contribution in [-0.2, 0) is 15.3 Å². The van der Waals surface area contributed by atoms with Gasteiger partial charge in [0.25, 0.3) is 5.78 Å². The van der Waals surface area contributed by atoms with Crippen molar-refractivity contribution < 1.29 is 33.6 Å². The minimum atomic E-state index is -1.09. The Balaban J connectivity index is 1.60. The molecule has 1 fully saturated rings. The third kappa shape index (κ3) is 6.58. The van der Waals surface area contributed by atoms with E-state index >= 15 is 0 Å². The molecule has 2 heterocycles. The van der Waals surface area contributed by atoms with Gasteiger partial charge in [-0.15, -0.1) is 10.2 Å². The SMILES string of the molecule is CCCOc1ccc(/C(O)=C2/C(=O)C(=O)N(c3nnc(SCc4ccccc4Cl)s3)C2c2cc(OC)c(OC)c(OC)c2)cc1. The molecule has 4 aromatic rings. The van der Waals surface area contributed by atoms with Gasteiger partial charge >= 0.3 is 5.91 Å². The summed E-state index contributed by atoms with van der Waals surface area (Å²) in [7, 11) is 4.41. The van der Waals surface area contributed by atoms with Gasteiger partial charge in [-0.2, -0.15) is 0 Å².